The summed E-state index contributed by atoms with van der Waals surface area (Å²) in [6.07, 6.45) is 0.822. The monoisotopic (exact) mass is 406 g/mol. The van der Waals surface area contributed by atoms with E-state index in [2.05, 4.69) is 5.32 Å². The van der Waals surface area contributed by atoms with Gasteiger partial charge in [-0.15, -0.1) is 11.8 Å². The lowest BCUT2D eigenvalue weighted by atomic mass is 10.1. The van der Waals surface area contributed by atoms with Crippen molar-refractivity contribution in [2.24, 2.45) is 0 Å². The van der Waals surface area contributed by atoms with Gasteiger partial charge in [0, 0.05) is 27.1 Å². The molecule has 4 nitrogen and oxygen atoms in total. The summed E-state index contributed by atoms with van der Waals surface area (Å²) in [5, 5.41) is 3.19. The van der Waals surface area contributed by atoms with Gasteiger partial charge < -0.3 is 10.2 Å². The normalized spacial score (nSPS) is 14.7. The second-order valence-electron chi connectivity index (χ2n) is 6.43. The van der Waals surface area contributed by atoms with Crippen LogP contribution in [0.15, 0.2) is 41.3 Å². The first-order valence-corrected chi connectivity index (χ1v) is 10.1. The molecule has 3 rings (SSSR count). The molecule has 2 aromatic rings. The zero-order valence-electron chi connectivity index (χ0n) is 15.1. The van der Waals surface area contributed by atoms with E-state index in [1.165, 1.54) is 28.8 Å². The van der Waals surface area contributed by atoms with Crippen molar-refractivity contribution in [3.05, 3.63) is 58.4 Å². The highest BCUT2D eigenvalue weighted by atomic mass is 35.5. The number of hydrogen-bond acceptors (Lipinski definition) is 3. The van der Waals surface area contributed by atoms with E-state index in [1.54, 1.807) is 18.2 Å². The van der Waals surface area contributed by atoms with Crippen molar-refractivity contribution in [2.45, 2.75) is 37.8 Å². The van der Waals surface area contributed by atoms with E-state index in [-0.39, 0.29) is 40.7 Å². The van der Waals surface area contributed by atoms with Gasteiger partial charge in [-0.2, -0.15) is 0 Å². The first-order valence-electron chi connectivity index (χ1n) is 8.71. The van der Waals surface area contributed by atoms with Crippen LogP contribution in [0.4, 0.5) is 10.1 Å². The highest BCUT2D eigenvalue weighted by Gasteiger charge is 2.27. The predicted molar refractivity (Wildman–Crippen MR) is 107 cm³/mol. The van der Waals surface area contributed by atoms with Crippen molar-refractivity contribution in [3.63, 3.8) is 0 Å². The number of nitrogens with one attached hydrogen (secondary N) is 1. The van der Waals surface area contributed by atoms with Crippen molar-refractivity contribution < 1.29 is 14.0 Å². The number of carbonyl (C=O) groups excluding carboxylic acids is 2. The average Bonchev–Trinajstić information content (AvgIpc) is 2.65. The number of nitrogens with zero attached hydrogens (tertiary/aromatic N) is 1. The number of benzene rings is 2. The van der Waals surface area contributed by atoms with Crippen LogP contribution < -0.4 is 10.2 Å². The Bertz CT molecular complexity index is 870. The zero-order chi connectivity index (χ0) is 19.6. The number of anilines is 1. The van der Waals surface area contributed by atoms with E-state index in [4.69, 9.17) is 11.6 Å². The first-order chi connectivity index (χ1) is 12.9. The fourth-order valence-corrected chi connectivity index (χ4v) is 3.91. The number of rotatable bonds is 5. The Morgan fingerprint density at radius 2 is 2.15 bits per heavy atom. The third-order valence-electron chi connectivity index (χ3n) is 4.53. The van der Waals surface area contributed by atoms with Crippen LogP contribution in [0.25, 0.3) is 0 Å². The molecule has 1 N–H and O–H groups in total. The minimum atomic E-state index is -0.458. The molecule has 1 aliphatic rings. The molecular weight excluding hydrogens is 387 g/mol. The van der Waals surface area contributed by atoms with Crippen molar-refractivity contribution in [1.82, 2.24) is 5.32 Å². The minimum absolute atomic E-state index is 0.0222. The standard InChI is InChI=1S/C20H20ClFN2O2S/c1-3-12(2)23-20(26)13-7-8-18-17(9-13)24(19(25)11-27-18)10-14-15(21)5-4-6-16(14)22/h4-9,12H,3,10-11H2,1-2H3,(H,23,26)/t12-/m0/s1. The van der Waals surface area contributed by atoms with E-state index in [0.717, 1.165) is 11.3 Å². The molecule has 0 fully saturated rings. The van der Waals surface area contributed by atoms with Gasteiger partial charge in [0.15, 0.2) is 0 Å². The Kier molecular flexibility index (Phi) is 6.07. The molecule has 27 heavy (non-hydrogen) atoms. The average molecular weight is 407 g/mol. The largest absolute Gasteiger partial charge is 0.350 e. The van der Waals surface area contributed by atoms with Crippen LogP contribution >= 0.6 is 23.4 Å². The number of carbonyl (C=O) groups is 2. The Morgan fingerprint density at radius 1 is 1.37 bits per heavy atom. The van der Waals surface area contributed by atoms with Gasteiger partial charge in [-0.25, -0.2) is 4.39 Å². The van der Waals surface area contributed by atoms with Gasteiger partial charge in [-0.3, -0.25) is 9.59 Å². The highest BCUT2D eigenvalue weighted by Crippen LogP contribution is 2.37. The Labute approximate surface area is 167 Å². The maximum absolute atomic E-state index is 14.2. The summed E-state index contributed by atoms with van der Waals surface area (Å²) in [5.74, 6) is -0.539. The van der Waals surface area contributed by atoms with Gasteiger partial charge >= 0.3 is 0 Å². The van der Waals surface area contributed by atoms with Crippen LogP contribution in [-0.4, -0.2) is 23.6 Å². The molecule has 0 aromatic heterocycles. The quantitative estimate of drug-likeness (QED) is 0.786. The van der Waals surface area contributed by atoms with E-state index in [0.29, 0.717) is 11.3 Å². The maximum atomic E-state index is 14.2. The number of halogens is 2. The lowest BCUT2D eigenvalue weighted by Crippen LogP contribution is -2.36. The van der Waals surface area contributed by atoms with Gasteiger partial charge in [-0.05, 0) is 43.7 Å². The topological polar surface area (TPSA) is 49.4 Å². The Hall–Kier alpha value is -2.05. The molecule has 1 aliphatic heterocycles. The SMILES string of the molecule is CC[C@H](C)NC(=O)c1ccc2c(c1)N(Cc1c(F)cccc1Cl)C(=O)CS2. The summed E-state index contributed by atoms with van der Waals surface area (Å²) in [7, 11) is 0. The minimum Gasteiger partial charge on any atom is -0.350 e. The third-order valence-corrected chi connectivity index (χ3v) is 5.93. The van der Waals surface area contributed by atoms with E-state index in [1.807, 2.05) is 19.9 Å². The second kappa shape index (κ2) is 8.31. The number of hydrogen-bond donors (Lipinski definition) is 1. The molecule has 1 atom stereocenters. The summed E-state index contributed by atoms with van der Waals surface area (Å²) in [4.78, 5) is 27.4. The highest BCUT2D eigenvalue weighted by molar-refractivity contribution is 8.00. The summed E-state index contributed by atoms with van der Waals surface area (Å²) in [5.41, 5.74) is 1.33. The molecule has 1 heterocycles. The van der Waals surface area contributed by atoms with Crippen molar-refractivity contribution in [3.8, 4) is 0 Å². The van der Waals surface area contributed by atoms with Crippen LogP contribution in [0.3, 0.4) is 0 Å². The number of fused-ring (bicyclic) bond motifs is 1. The van der Waals surface area contributed by atoms with Crippen molar-refractivity contribution in [2.75, 3.05) is 10.7 Å². The van der Waals surface area contributed by atoms with Gasteiger partial charge in [-0.1, -0.05) is 24.6 Å². The van der Waals surface area contributed by atoms with Crippen molar-refractivity contribution in [1.29, 1.82) is 0 Å². The molecule has 142 valence electrons. The van der Waals surface area contributed by atoms with Gasteiger partial charge in [0.25, 0.3) is 5.91 Å². The molecule has 0 unspecified atom stereocenters. The molecule has 7 heteroatoms. The van der Waals surface area contributed by atoms with Gasteiger partial charge in [0.05, 0.1) is 18.0 Å². The molecule has 0 bridgehead atoms. The van der Waals surface area contributed by atoms with Crippen LogP contribution in [-0.2, 0) is 11.3 Å². The second-order valence-corrected chi connectivity index (χ2v) is 7.86. The molecule has 0 radical (unpaired) electrons. The van der Waals surface area contributed by atoms with Crippen LogP contribution in [0.5, 0.6) is 0 Å². The summed E-state index contributed by atoms with van der Waals surface area (Å²) in [6, 6.07) is 9.76. The van der Waals surface area contributed by atoms with Crippen LogP contribution in [0.1, 0.15) is 36.2 Å². The molecule has 2 amide bonds. The molecule has 0 spiro atoms. The van der Waals surface area contributed by atoms with E-state index >= 15 is 0 Å². The van der Waals surface area contributed by atoms with E-state index < -0.39 is 5.82 Å². The molecule has 0 saturated heterocycles. The smallest absolute Gasteiger partial charge is 0.251 e. The van der Waals surface area contributed by atoms with E-state index in [9.17, 15) is 14.0 Å². The van der Waals surface area contributed by atoms with Crippen LogP contribution in [0, 0.1) is 5.82 Å². The summed E-state index contributed by atoms with van der Waals surface area (Å²) < 4.78 is 14.2. The number of amides is 2. The fourth-order valence-electron chi connectivity index (χ4n) is 2.77. The van der Waals surface area contributed by atoms with Crippen LogP contribution in [0.2, 0.25) is 5.02 Å². The van der Waals surface area contributed by atoms with Crippen molar-refractivity contribution >= 4 is 40.9 Å². The number of thioether (sulfide) groups is 1. The third kappa shape index (κ3) is 4.28. The fraction of sp³-hybridized carbons (Fsp3) is 0.300. The zero-order valence-corrected chi connectivity index (χ0v) is 16.7. The maximum Gasteiger partial charge on any atom is 0.251 e. The molecule has 0 saturated carbocycles. The van der Waals surface area contributed by atoms with Gasteiger partial charge in [0.1, 0.15) is 5.82 Å². The lowest BCUT2D eigenvalue weighted by Gasteiger charge is -2.30. The summed E-state index contributed by atoms with van der Waals surface area (Å²) >= 11 is 7.54. The molecule has 2 aromatic carbocycles. The first kappa shape index (κ1) is 19.7. The summed E-state index contributed by atoms with van der Waals surface area (Å²) in [6.45, 7) is 3.95. The predicted octanol–water partition coefficient (Wildman–Crippen LogP) is 4.65. The Balaban J connectivity index is 1.95. The molecular formula is C20H20ClFN2O2S. The van der Waals surface area contributed by atoms with Gasteiger partial charge in [0.2, 0.25) is 5.91 Å². The lowest BCUT2D eigenvalue weighted by molar-refractivity contribution is -0.116. The molecule has 0 aliphatic carbocycles. The Morgan fingerprint density at radius 3 is 2.85 bits per heavy atom.